The Morgan fingerprint density at radius 2 is 2.06 bits per heavy atom. The summed E-state index contributed by atoms with van der Waals surface area (Å²) in [4.78, 5) is 14.0. The average molecular weight is 235 g/mol. The lowest BCUT2D eigenvalue weighted by Gasteiger charge is -2.36. The molecule has 4 heteroatoms. The van der Waals surface area contributed by atoms with Gasteiger partial charge < -0.3 is 9.64 Å². The molecule has 1 aromatic carbocycles. The Balaban J connectivity index is 2.04. The lowest BCUT2D eigenvalue weighted by Crippen LogP contribution is -2.40. The highest BCUT2D eigenvalue weighted by molar-refractivity contribution is 5.94. The molecule has 0 unspecified atom stereocenters. The SMILES string of the molecule is CN1CCC2(CC1)OC(=O)c1cc(F)ccc12. The Kier molecular flexibility index (Phi) is 2.23. The predicted molar refractivity (Wildman–Crippen MR) is 60.2 cm³/mol. The van der Waals surface area contributed by atoms with Gasteiger partial charge in [-0.15, -0.1) is 0 Å². The number of likely N-dealkylation sites (tertiary alicyclic amines) is 1. The molecule has 1 saturated heterocycles. The summed E-state index contributed by atoms with van der Waals surface area (Å²) in [5, 5.41) is 0. The smallest absolute Gasteiger partial charge is 0.339 e. The monoisotopic (exact) mass is 235 g/mol. The van der Waals surface area contributed by atoms with Gasteiger partial charge in [-0.2, -0.15) is 0 Å². The number of fused-ring (bicyclic) bond motifs is 2. The van der Waals surface area contributed by atoms with Crippen LogP contribution in [0.15, 0.2) is 18.2 Å². The van der Waals surface area contributed by atoms with E-state index in [0.29, 0.717) is 5.56 Å². The molecular weight excluding hydrogens is 221 g/mol. The molecule has 0 aliphatic carbocycles. The summed E-state index contributed by atoms with van der Waals surface area (Å²) in [6.45, 7) is 1.79. The van der Waals surface area contributed by atoms with Crippen LogP contribution in [0, 0.1) is 5.82 Å². The first-order chi connectivity index (χ1) is 8.11. The highest BCUT2D eigenvalue weighted by Crippen LogP contribution is 2.43. The first kappa shape index (κ1) is 10.7. The van der Waals surface area contributed by atoms with Gasteiger partial charge in [0.1, 0.15) is 11.4 Å². The number of piperidine rings is 1. The quantitative estimate of drug-likeness (QED) is 0.643. The third-order valence-electron chi connectivity index (χ3n) is 3.78. The fourth-order valence-corrected chi connectivity index (χ4v) is 2.72. The van der Waals surface area contributed by atoms with Crippen molar-refractivity contribution in [1.82, 2.24) is 4.90 Å². The number of ether oxygens (including phenoxy) is 1. The van der Waals surface area contributed by atoms with Crippen LogP contribution in [0.3, 0.4) is 0 Å². The van der Waals surface area contributed by atoms with E-state index in [1.807, 2.05) is 0 Å². The molecule has 0 atom stereocenters. The van der Waals surface area contributed by atoms with Crippen LogP contribution in [0.2, 0.25) is 0 Å². The van der Waals surface area contributed by atoms with Gasteiger partial charge in [-0.25, -0.2) is 9.18 Å². The zero-order chi connectivity index (χ0) is 12.0. The first-order valence-electron chi connectivity index (χ1n) is 5.83. The number of esters is 1. The fraction of sp³-hybridized carbons (Fsp3) is 0.462. The van der Waals surface area contributed by atoms with Gasteiger partial charge in [0.25, 0.3) is 0 Å². The molecule has 0 saturated carbocycles. The number of carbonyl (C=O) groups is 1. The Morgan fingerprint density at radius 3 is 2.76 bits per heavy atom. The summed E-state index contributed by atoms with van der Waals surface area (Å²) in [5.41, 5.74) is 0.749. The minimum absolute atomic E-state index is 0.384. The summed E-state index contributed by atoms with van der Waals surface area (Å²) in [5.74, 6) is -0.769. The molecule has 2 aliphatic rings. The molecule has 1 fully saturated rings. The van der Waals surface area contributed by atoms with Crippen molar-refractivity contribution in [2.45, 2.75) is 18.4 Å². The standard InChI is InChI=1S/C13H14FNO2/c1-15-6-4-13(5-7-15)11-3-2-9(14)8-10(11)12(16)17-13/h2-3,8H,4-7H2,1H3. The molecule has 1 aromatic rings. The van der Waals surface area contributed by atoms with Crippen LogP contribution in [0.25, 0.3) is 0 Å². The van der Waals surface area contributed by atoms with Gasteiger partial charge in [-0.3, -0.25) is 0 Å². The minimum atomic E-state index is -0.507. The van der Waals surface area contributed by atoms with Crippen LogP contribution < -0.4 is 0 Å². The molecule has 2 aliphatic heterocycles. The van der Waals surface area contributed by atoms with Gasteiger partial charge in [-0.05, 0) is 19.2 Å². The van der Waals surface area contributed by atoms with Crippen LogP contribution in [0.5, 0.6) is 0 Å². The molecule has 0 bridgehead atoms. The summed E-state index contributed by atoms with van der Waals surface area (Å²) in [6.07, 6.45) is 1.57. The second kappa shape index (κ2) is 3.53. The van der Waals surface area contributed by atoms with Crippen molar-refractivity contribution in [2.24, 2.45) is 0 Å². The van der Waals surface area contributed by atoms with Crippen LogP contribution in [-0.2, 0) is 10.3 Å². The van der Waals surface area contributed by atoms with Gasteiger partial charge in [-0.1, -0.05) is 6.07 Å². The molecule has 0 amide bonds. The Bertz CT molecular complexity index is 478. The molecule has 1 spiro atoms. The van der Waals surface area contributed by atoms with Gasteiger partial charge in [0.15, 0.2) is 0 Å². The highest BCUT2D eigenvalue weighted by Gasteiger charge is 2.46. The highest BCUT2D eigenvalue weighted by atomic mass is 19.1. The molecule has 3 rings (SSSR count). The van der Waals surface area contributed by atoms with Crippen LogP contribution in [0.1, 0.15) is 28.8 Å². The third kappa shape index (κ3) is 1.55. The van der Waals surface area contributed by atoms with E-state index >= 15 is 0 Å². The van der Waals surface area contributed by atoms with E-state index in [1.54, 1.807) is 6.07 Å². The van der Waals surface area contributed by atoms with E-state index < -0.39 is 5.60 Å². The van der Waals surface area contributed by atoms with Crippen molar-refractivity contribution in [2.75, 3.05) is 20.1 Å². The van der Waals surface area contributed by atoms with Crippen LogP contribution in [-0.4, -0.2) is 31.0 Å². The molecule has 3 nitrogen and oxygen atoms in total. The van der Waals surface area contributed by atoms with Crippen molar-refractivity contribution in [3.8, 4) is 0 Å². The van der Waals surface area contributed by atoms with E-state index in [1.165, 1.54) is 12.1 Å². The zero-order valence-corrected chi connectivity index (χ0v) is 9.70. The predicted octanol–water partition coefficient (Wildman–Crippen LogP) is 1.92. The topological polar surface area (TPSA) is 29.5 Å². The average Bonchev–Trinajstić information content (AvgIpc) is 2.57. The number of nitrogens with zero attached hydrogens (tertiary/aromatic N) is 1. The molecule has 0 radical (unpaired) electrons. The number of carbonyl (C=O) groups excluding carboxylic acids is 1. The van der Waals surface area contributed by atoms with Gasteiger partial charge >= 0.3 is 5.97 Å². The minimum Gasteiger partial charge on any atom is -0.450 e. The molecular formula is C13H14FNO2. The van der Waals surface area contributed by atoms with E-state index in [9.17, 15) is 9.18 Å². The maximum atomic E-state index is 13.1. The summed E-state index contributed by atoms with van der Waals surface area (Å²) >= 11 is 0. The van der Waals surface area contributed by atoms with Crippen molar-refractivity contribution < 1.29 is 13.9 Å². The van der Waals surface area contributed by atoms with Gasteiger partial charge in [0.2, 0.25) is 0 Å². The Labute approximate surface area is 99.2 Å². The van der Waals surface area contributed by atoms with Gasteiger partial charge in [0.05, 0.1) is 5.56 Å². The lowest BCUT2D eigenvalue weighted by molar-refractivity contribution is -0.0394. The van der Waals surface area contributed by atoms with E-state index in [0.717, 1.165) is 31.5 Å². The van der Waals surface area contributed by atoms with Crippen molar-refractivity contribution in [3.05, 3.63) is 35.1 Å². The van der Waals surface area contributed by atoms with Gasteiger partial charge in [0, 0.05) is 31.5 Å². The third-order valence-corrected chi connectivity index (χ3v) is 3.78. The number of hydrogen-bond donors (Lipinski definition) is 0. The lowest BCUT2D eigenvalue weighted by atomic mass is 9.84. The molecule has 2 heterocycles. The maximum absolute atomic E-state index is 13.1. The molecule has 0 N–H and O–H groups in total. The maximum Gasteiger partial charge on any atom is 0.339 e. The molecule has 0 aromatic heterocycles. The Morgan fingerprint density at radius 1 is 1.35 bits per heavy atom. The second-order valence-corrected chi connectivity index (χ2v) is 4.88. The molecule has 90 valence electrons. The number of hydrogen-bond acceptors (Lipinski definition) is 3. The van der Waals surface area contributed by atoms with Crippen LogP contribution >= 0.6 is 0 Å². The number of benzene rings is 1. The first-order valence-corrected chi connectivity index (χ1v) is 5.83. The number of halogens is 1. The summed E-state index contributed by atoms with van der Waals surface area (Å²) < 4.78 is 18.7. The van der Waals surface area contributed by atoms with E-state index in [2.05, 4.69) is 11.9 Å². The van der Waals surface area contributed by atoms with E-state index in [-0.39, 0.29) is 11.8 Å². The largest absolute Gasteiger partial charge is 0.450 e. The summed E-state index contributed by atoms with van der Waals surface area (Å²) in [7, 11) is 2.05. The van der Waals surface area contributed by atoms with Crippen molar-refractivity contribution in [1.29, 1.82) is 0 Å². The van der Waals surface area contributed by atoms with E-state index in [4.69, 9.17) is 4.74 Å². The van der Waals surface area contributed by atoms with Crippen molar-refractivity contribution >= 4 is 5.97 Å². The van der Waals surface area contributed by atoms with Crippen LogP contribution in [0.4, 0.5) is 4.39 Å². The number of rotatable bonds is 0. The second-order valence-electron chi connectivity index (χ2n) is 4.88. The fourth-order valence-electron chi connectivity index (χ4n) is 2.72. The van der Waals surface area contributed by atoms with Crippen molar-refractivity contribution in [3.63, 3.8) is 0 Å². The molecule has 17 heavy (non-hydrogen) atoms. The zero-order valence-electron chi connectivity index (χ0n) is 9.70. The summed E-state index contributed by atoms with van der Waals surface area (Å²) in [6, 6.07) is 4.38. The Hall–Kier alpha value is -1.42. The normalized spacial score (nSPS) is 22.6.